The van der Waals surface area contributed by atoms with Gasteiger partial charge < -0.3 is 4.90 Å². The van der Waals surface area contributed by atoms with E-state index in [0.717, 1.165) is 23.8 Å². The van der Waals surface area contributed by atoms with Crippen molar-refractivity contribution in [2.45, 2.75) is 6.54 Å². The summed E-state index contributed by atoms with van der Waals surface area (Å²) in [4.78, 5) is 33.8. The number of nitrogens with zero attached hydrogens (tertiary/aromatic N) is 5. The molecule has 0 atom stereocenters. The van der Waals surface area contributed by atoms with E-state index in [1.54, 1.807) is 24.1 Å². The molecule has 23 heavy (non-hydrogen) atoms. The number of carbonyl (C=O) groups excluding carboxylic acids is 1. The fraction of sp³-hybridized carbons (Fsp3) is 0.231. The SMILES string of the molecule is CN(Cc1cnn(C)c1)C(=O)c1cc([N+](=O)[O-])cc([N+](=O)[O-])c1. The molecule has 10 nitrogen and oxygen atoms in total. The van der Waals surface area contributed by atoms with Crippen LogP contribution in [0.25, 0.3) is 0 Å². The third-order valence-corrected chi connectivity index (χ3v) is 3.10. The number of amides is 1. The van der Waals surface area contributed by atoms with Crippen LogP contribution in [0.4, 0.5) is 11.4 Å². The lowest BCUT2D eigenvalue weighted by Crippen LogP contribution is -2.26. The third-order valence-electron chi connectivity index (χ3n) is 3.10. The predicted octanol–water partition coefficient (Wildman–Crippen LogP) is 1.51. The molecule has 0 saturated carbocycles. The average molecular weight is 319 g/mol. The summed E-state index contributed by atoms with van der Waals surface area (Å²) in [6.45, 7) is 0.225. The second kappa shape index (κ2) is 6.22. The Labute approximate surface area is 130 Å². The van der Waals surface area contributed by atoms with Crippen molar-refractivity contribution in [1.82, 2.24) is 14.7 Å². The first-order chi connectivity index (χ1) is 10.8. The maximum Gasteiger partial charge on any atom is 0.277 e. The van der Waals surface area contributed by atoms with E-state index in [1.165, 1.54) is 11.9 Å². The van der Waals surface area contributed by atoms with Crippen LogP contribution in [0.2, 0.25) is 0 Å². The zero-order valence-electron chi connectivity index (χ0n) is 12.4. The highest BCUT2D eigenvalue weighted by molar-refractivity contribution is 5.95. The molecular weight excluding hydrogens is 306 g/mol. The van der Waals surface area contributed by atoms with E-state index in [2.05, 4.69) is 5.10 Å². The zero-order valence-corrected chi connectivity index (χ0v) is 12.4. The van der Waals surface area contributed by atoms with Crippen LogP contribution < -0.4 is 0 Å². The van der Waals surface area contributed by atoms with Gasteiger partial charge in [-0.05, 0) is 0 Å². The van der Waals surface area contributed by atoms with Crippen molar-refractivity contribution in [1.29, 1.82) is 0 Å². The third kappa shape index (κ3) is 3.67. The number of carbonyl (C=O) groups is 1. The van der Waals surface area contributed by atoms with E-state index in [1.807, 2.05) is 0 Å². The number of nitro groups is 2. The predicted molar refractivity (Wildman–Crippen MR) is 78.8 cm³/mol. The lowest BCUT2D eigenvalue weighted by Gasteiger charge is -2.16. The summed E-state index contributed by atoms with van der Waals surface area (Å²) in [6.07, 6.45) is 3.30. The van der Waals surface area contributed by atoms with Gasteiger partial charge in [0.05, 0.1) is 27.7 Å². The van der Waals surface area contributed by atoms with Crippen molar-refractivity contribution < 1.29 is 14.6 Å². The minimum Gasteiger partial charge on any atom is -0.337 e. The van der Waals surface area contributed by atoms with Gasteiger partial charge in [-0.15, -0.1) is 0 Å². The molecule has 10 heteroatoms. The Morgan fingerprint density at radius 2 is 1.78 bits per heavy atom. The molecule has 0 N–H and O–H groups in total. The second-order valence-corrected chi connectivity index (χ2v) is 4.94. The van der Waals surface area contributed by atoms with Gasteiger partial charge in [-0.1, -0.05) is 0 Å². The smallest absolute Gasteiger partial charge is 0.277 e. The Balaban J connectivity index is 2.30. The fourth-order valence-electron chi connectivity index (χ4n) is 2.05. The molecule has 120 valence electrons. The van der Waals surface area contributed by atoms with E-state index in [9.17, 15) is 25.0 Å². The Kier molecular flexibility index (Phi) is 4.35. The molecule has 0 aliphatic rings. The number of hydrogen-bond acceptors (Lipinski definition) is 6. The molecule has 1 aromatic carbocycles. The molecule has 0 unspecified atom stereocenters. The van der Waals surface area contributed by atoms with Crippen molar-refractivity contribution in [2.24, 2.45) is 7.05 Å². The van der Waals surface area contributed by atoms with Gasteiger partial charge in [0, 0.05) is 44.5 Å². The van der Waals surface area contributed by atoms with Crippen molar-refractivity contribution in [3.63, 3.8) is 0 Å². The molecule has 0 aliphatic heterocycles. The van der Waals surface area contributed by atoms with Crippen LogP contribution in [0.5, 0.6) is 0 Å². The summed E-state index contributed by atoms with van der Waals surface area (Å²) >= 11 is 0. The first-order valence-electron chi connectivity index (χ1n) is 6.45. The van der Waals surface area contributed by atoms with E-state index in [0.29, 0.717) is 0 Å². The highest BCUT2D eigenvalue weighted by atomic mass is 16.6. The number of non-ortho nitro benzene ring substituents is 2. The van der Waals surface area contributed by atoms with Crippen LogP contribution in [0.1, 0.15) is 15.9 Å². The minimum atomic E-state index is -0.773. The van der Waals surface area contributed by atoms with Crippen LogP contribution in [-0.2, 0) is 13.6 Å². The molecule has 1 amide bonds. The lowest BCUT2D eigenvalue weighted by molar-refractivity contribution is -0.394. The molecule has 2 rings (SSSR count). The molecular formula is C13H13N5O5. The van der Waals surface area contributed by atoms with Gasteiger partial charge in [-0.2, -0.15) is 5.10 Å². The number of aryl methyl sites for hydroxylation is 1. The molecule has 0 saturated heterocycles. The molecule has 0 spiro atoms. The van der Waals surface area contributed by atoms with E-state index in [4.69, 9.17) is 0 Å². The molecule has 0 radical (unpaired) electrons. The molecule has 0 fully saturated rings. The van der Waals surface area contributed by atoms with Gasteiger partial charge in [0.15, 0.2) is 0 Å². The van der Waals surface area contributed by atoms with Crippen LogP contribution in [0, 0.1) is 20.2 Å². The maximum absolute atomic E-state index is 12.4. The first-order valence-corrected chi connectivity index (χ1v) is 6.45. The molecule has 1 heterocycles. The molecule has 0 bridgehead atoms. The standard InChI is InChI=1S/C13H13N5O5/c1-15(7-9-6-14-16(2)8-9)13(19)10-3-11(17(20)21)5-12(4-10)18(22)23/h3-6,8H,7H2,1-2H3. The monoisotopic (exact) mass is 319 g/mol. The zero-order chi connectivity index (χ0) is 17.1. The van der Waals surface area contributed by atoms with Crippen LogP contribution in [0.3, 0.4) is 0 Å². The van der Waals surface area contributed by atoms with Gasteiger partial charge in [0.1, 0.15) is 0 Å². The van der Waals surface area contributed by atoms with E-state index < -0.39 is 27.1 Å². The van der Waals surface area contributed by atoms with E-state index >= 15 is 0 Å². The largest absolute Gasteiger partial charge is 0.337 e. The summed E-state index contributed by atoms with van der Waals surface area (Å²) in [7, 11) is 3.23. The topological polar surface area (TPSA) is 124 Å². The summed E-state index contributed by atoms with van der Waals surface area (Å²) in [5.41, 5.74) is -0.352. The average Bonchev–Trinajstić information content (AvgIpc) is 2.90. The second-order valence-electron chi connectivity index (χ2n) is 4.94. The lowest BCUT2D eigenvalue weighted by atomic mass is 10.1. The highest BCUT2D eigenvalue weighted by Crippen LogP contribution is 2.23. The van der Waals surface area contributed by atoms with Crippen LogP contribution in [0.15, 0.2) is 30.6 Å². The van der Waals surface area contributed by atoms with Crippen molar-refractivity contribution in [3.05, 3.63) is 61.9 Å². The van der Waals surface area contributed by atoms with Crippen LogP contribution in [-0.4, -0.2) is 37.5 Å². The Bertz CT molecular complexity index is 753. The number of rotatable bonds is 5. The fourth-order valence-corrected chi connectivity index (χ4v) is 2.05. The Morgan fingerprint density at radius 3 is 2.22 bits per heavy atom. The molecule has 1 aromatic heterocycles. The van der Waals surface area contributed by atoms with Crippen molar-refractivity contribution in [3.8, 4) is 0 Å². The number of hydrogen-bond donors (Lipinski definition) is 0. The first kappa shape index (κ1) is 16.1. The number of aromatic nitrogens is 2. The molecule has 2 aromatic rings. The van der Waals surface area contributed by atoms with Crippen molar-refractivity contribution >= 4 is 17.3 Å². The van der Waals surface area contributed by atoms with Gasteiger partial charge >= 0.3 is 0 Å². The summed E-state index contributed by atoms with van der Waals surface area (Å²) in [5.74, 6) is -0.555. The minimum absolute atomic E-state index is 0.114. The summed E-state index contributed by atoms with van der Waals surface area (Å²) < 4.78 is 1.58. The Hall–Kier alpha value is -3.30. The summed E-state index contributed by atoms with van der Waals surface area (Å²) in [5, 5.41) is 25.7. The Morgan fingerprint density at radius 1 is 1.22 bits per heavy atom. The molecule has 0 aliphatic carbocycles. The number of benzene rings is 1. The maximum atomic E-state index is 12.4. The van der Waals surface area contributed by atoms with E-state index in [-0.39, 0.29) is 12.1 Å². The van der Waals surface area contributed by atoms with Crippen LogP contribution >= 0.6 is 0 Å². The van der Waals surface area contributed by atoms with Crippen molar-refractivity contribution in [2.75, 3.05) is 7.05 Å². The number of nitro benzene ring substituents is 2. The van der Waals surface area contributed by atoms with Gasteiger partial charge in [0.25, 0.3) is 17.3 Å². The van der Waals surface area contributed by atoms with Gasteiger partial charge in [0.2, 0.25) is 0 Å². The summed E-state index contributed by atoms with van der Waals surface area (Å²) in [6, 6.07) is 2.86. The van der Waals surface area contributed by atoms with Gasteiger partial charge in [-0.3, -0.25) is 29.7 Å². The van der Waals surface area contributed by atoms with Gasteiger partial charge in [-0.25, -0.2) is 0 Å². The highest BCUT2D eigenvalue weighted by Gasteiger charge is 2.22. The quantitative estimate of drug-likeness (QED) is 0.607. The normalized spacial score (nSPS) is 10.3.